The summed E-state index contributed by atoms with van der Waals surface area (Å²) in [6.45, 7) is 5.45. The molecular formula is C11H19N3. The maximum Gasteiger partial charge on any atom is 0.123 e. The molecule has 0 bridgehead atoms. The highest BCUT2D eigenvalue weighted by Crippen LogP contribution is 2.11. The van der Waals surface area contributed by atoms with Crippen LogP contribution in [0.5, 0.6) is 0 Å². The van der Waals surface area contributed by atoms with Crippen molar-refractivity contribution in [2.24, 2.45) is 5.92 Å². The number of hydrogen-bond acceptors (Lipinski definition) is 3. The van der Waals surface area contributed by atoms with Crippen LogP contribution in [0.4, 0.5) is 11.5 Å². The Morgan fingerprint density at radius 3 is 2.57 bits per heavy atom. The third kappa shape index (κ3) is 3.24. The van der Waals surface area contributed by atoms with E-state index in [1.165, 1.54) is 12.8 Å². The second-order valence-corrected chi connectivity index (χ2v) is 3.54. The molecule has 0 saturated carbocycles. The van der Waals surface area contributed by atoms with Gasteiger partial charge in [0.25, 0.3) is 0 Å². The van der Waals surface area contributed by atoms with Crippen LogP contribution < -0.4 is 11.1 Å². The molecule has 0 amide bonds. The summed E-state index contributed by atoms with van der Waals surface area (Å²) in [4.78, 5) is 4.02. The summed E-state index contributed by atoms with van der Waals surface area (Å²) in [5.41, 5.74) is 6.54. The number of nitrogens with two attached hydrogens (primary N) is 1. The van der Waals surface area contributed by atoms with E-state index in [1.807, 2.05) is 12.1 Å². The van der Waals surface area contributed by atoms with Gasteiger partial charge in [-0.25, -0.2) is 4.98 Å². The number of pyridine rings is 1. The SMILES string of the molecule is CCC(CC)CNc1ccc(N)nc1. The molecule has 0 aliphatic heterocycles. The molecule has 0 aliphatic carbocycles. The maximum atomic E-state index is 5.50. The lowest BCUT2D eigenvalue weighted by Crippen LogP contribution is -2.12. The fourth-order valence-electron chi connectivity index (χ4n) is 1.35. The largest absolute Gasteiger partial charge is 0.384 e. The molecule has 3 heteroatoms. The third-order valence-corrected chi connectivity index (χ3v) is 2.54. The first-order chi connectivity index (χ1) is 6.76. The lowest BCUT2D eigenvalue weighted by atomic mass is 10.0. The second-order valence-electron chi connectivity index (χ2n) is 3.54. The molecule has 0 unspecified atom stereocenters. The topological polar surface area (TPSA) is 50.9 Å². The third-order valence-electron chi connectivity index (χ3n) is 2.54. The minimum absolute atomic E-state index is 0.568. The number of hydrogen-bond donors (Lipinski definition) is 2. The van der Waals surface area contributed by atoms with Gasteiger partial charge in [0.1, 0.15) is 5.82 Å². The molecule has 78 valence electrons. The maximum absolute atomic E-state index is 5.50. The van der Waals surface area contributed by atoms with E-state index in [0.717, 1.165) is 18.2 Å². The van der Waals surface area contributed by atoms with Crippen molar-refractivity contribution in [3.05, 3.63) is 18.3 Å². The Kier molecular flexibility index (Phi) is 4.23. The minimum Gasteiger partial charge on any atom is -0.384 e. The van der Waals surface area contributed by atoms with E-state index >= 15 is 0 Å². The molecule has 1 aromatic rings. The zero-order chi connectivity index (χ0) is 10.4. The molecule has 0 radical (unpaired) electrons. The Hall–Kier alpha value is -1.25. The van der Waals surface area contributed by atoms with E-state index in [-0.39, 0.29) is 0 Å². The van der Waals surface area contributed by atoms with Gasteiger partial charge in [-0.15, -0.1) is 0 Å². The van der Waals surface area contributed by atoms with Crippen LogP contribution in [0.3, 0.4) is 0 Å². The van der Waals surface area contributed by atoms with Crippen LogP contribution in [0, 0.1) is 5.92 Å². The zero-order valence-electron chi connectivity index (χ0n) is 8.96. The molecule has 0 atom stereocenters. The molecule has 0 spiro atoms. The van der Waals surface area contributed by atoms with Crippen molar-refractivity contribution in [3.8, 4) is 0 Å². The van der Waals surface area contributed by atoms with Gasteiger partial charge in [0.15, 0.2) is 0 Å². The Morgan fingerprint density at radius 1 is 1.36 bits per heavy atom. The smallest absolute Gasteiger partial charge is 0.123 e. The fourth-order valence-corrected chi connectivity index (χ4v) is 1.35. The molecule has 0 saturated heterocycles. The van der Waals surface area contributed by atoms with E-state index in [9.17, 15) is 0 Å². The molecule has 14 heavy (non-hydrogen) atoms. The van der Waals surface area contributed by atoms with E-state index in [0.29, 0.717) is 5.82 Å². The first-order valence-corrected chi connectivity index (χ1v) is 5.21. The Balaban J connectivity index is 2.41. The van der Waals surface area contributed by atoms with Crippen molar-refractivity contribution in [2.75, 3.05) is 17.6 Å². The summed E-state index contributed by atoms with van der Waals surface area (Å²) in [5.74, 6) is 1.31. The number of rotatable bonds is 5. The van der Waals surface area contributed by atoms with Gasteiger partial charge in [0.05, 0.1) is 11.9 Å². The highest BCUT2D eigenvalue weighted by Gasteiger charge is 2.02. The number of aromatic nitrogens is 1. The number of nitrogens with one attached hydrogen (secondary N) is 1. The molecule has 1 rings (SSSR count). The predicted molar refractivity (Wildman–Crippen MR) is 61.2 cm³/mol. The number of nitrogens with zero attached hydrogens (tertiary/aromatic N) is 1. The summed E-state index contributed by atoms with van der Waals surface area (Å²) < 4.78 is 0. The van der Waals surface area contributed by atoms with Gasteiger partial charge in [-0.05, 0) is 18.1 Å². The molecule has 0 aliphatic rings. The van der Waals surface area contributed by atoms with Crippen LogP contribution >= 0.6 is 0 Å². The average Bonchev–Trinajstić information content (AvgIpc) is 2.22. The quantitative estimate of drug-likeness (QED) is 0.755. The van der Waals surface area contributed by atoms with Gasteiger partial charge in [0, 0.05) is 6.54 Å². The minimum atomic E-state index is 0.568. The fraction of sp³-hybridized carbons (Fsp3) is 0.545. The lowest BCUT2D eigenvalue weighted by Gasteiger charge is -2.13. The Bertz CT molecular complexity index is 252. The van der Waals surface area contributed by atoms with Gasteiger partial charge < -0.3 is 11.1 Å². The first kappa shape index (κ1) is 10.8. The van der Waals surface area contributed by atoms with E-state index in [4.69, 9.17) is 5.73 Å². The molecular weight excluding hydrogens is 174 g/mol. The van der Waals surface area contributed by atoms with Crippen LogP contribution in [-0.4, -0.2) is 11.5 Å². The molecule has 1 aromatic heterocycles. The molecule has 3 nitrogen and oxygen atoms in total. The highest BCUT2D eigenvalue weighted by atomic mass is 14.9. The van der Waals surface area contributed by atoms with Crippen LogP contribution in [0.2, 0.25) is 0 Å². The normalized spacial score (nSPS) is 10.5. The van der Waals surface area contributed by atoms with Gasteiger partial charge in [0.2, 0.25) is 0 Å². The number of anilines is 2. The van der Waals surface area contributed by atoms with Crippen LogP contribution in [0.1, 0.15) is 26.7 Å². The summed E-state index contributed by atoms with van der Waals surface area (Å²) in [5, 5.41) is 3.36. The molecule has 0 fully saturated rings. The Labute approximate surface area is 85.7 Å². The average molecular weight is 193 g/mol. The first-order valence-electron chi connectivity index (χ1n) is 5.21. The highest BCUT2D eigenvalue weighted by molar-refractivity contribution is 5.45. The lowest BCUT2D eigenvalue weighted by molar-refractivity contribution is 0.519. The summed E-state index contributed by atoms with van der Waals surface area (Å²) in [6.07, 6.45) is 4.20. The van der Waals surface area contributed by atoms with Gasteiger partial charge in [-0.1, -0.05) is 26.7 Å². The monoisotopic (exact) mass is 193 g/mol. The van der Waals surface area contributed by atoms with E-state index in [2.05, 4.69) is 24.1 Å². The summed E-state index contributed by atoms with van der Waals surface area (Å²) >= 11 is 0. The van der Waals surface area contributed by atoms with Crippen molar-refractivity contribution in [3.63, 3.8) is 0 Å². The van der Waals surface area contributed by atoms with Crippen LogP contribution in [-0.2, 0) is 0 Å². The Morgan fingerprint density at radius 2 is 2.07 bits per heavy atom. The van der Waals surface area contributed by atoms with Crippen molar-refractivity contribution in [2.45, 2.75) is 26.7 Å². The second kappa shape index (κ2) is 5.47. The summed E-state index contributed by atoms with van der Waals surface area (Å²) in [7, 11) is 0. The van der Waals surface area contributed by atoms with Crippen molar-refractivity contribution < 1.29 is 0 Å². The van der Waals surface area contributed by atoms with Crippen molar-refractivity contribution in [1.29, 1.82) is 0 Å². The van der Waals surface area contributed by atoms with Crippen molar-refractivity contribution in [1.82, 2.24) is 4.98 Å². The van der Waals surface area contributed by atoms with Gasteiger partial charge in [-0.3, -0.25) is 0 Å². The predicted octanol–water partition coefficient (Wildman–Crippen LogP) is 2.51. The molecule has 3 N–H and O–H groups in total. The standard InChI is InChI=1S/C11H19N3/c1-3-9(4-2)7-13-10-5-6-11(12)14-8-10/h5-6,8-9,13H,3-4,7H2,1-2H3,(H2,12,14). The molecule has 1 heterocycles. The van der Waals surface area contributed by atoms with E-state index in [1.54, 1.807) is 6.20 Å². The van der Waals surface area contributed by atoms with E-state index < -0.39 is 0 Å². The summed E-state index contributed by atoms with van der Waals surface area (Å²) in [6, 6.07) is 3.78. The van der Waals surface area contributed by atoms with Crippen molar-refractivity contribution >= 4 is 11.5 Å². The van der Waals surface area contributed by atoms with Crippen LogP contribution in [0.25, 0.3) is 0 Å². The number of nitrogen functional groups attached to an aromatic ring is 1. The zero-order valence-corrected chi connectivity index (χ0v) is 8.96. The van der Waals surface area contributed by atoms with Gasteiger partial charge in [-0.2, -0.15) is 0 Å². The van der Waals surface area contributed by atoms with Crippen LogP contribution in [0.15, 0.2) is 18.3 Å². The van der Waals surface area contributed by atoms with Gasteiger partial charge >= 0.3 is 0 Å². The molecule has 0 aromatic carbocycles.